The van der Waals surface area contributed by atoms with E-state index in [0.717, 1.165) is 30.6 Å². The highest BCUT2D eigenvalue weighted by molar-refractivity contribution is 5.98. The van der Waals surface area contributed by atoms with Crippen LogP contribution in [0.1, 0.15) is 86.0 Å². The predicted molar refractivity (Wildman–Crippen MR) is 314 cm³/mol. The molecule has 95 heavy (non-hydrogen) atoms. The standard InChI is InChI=1S/C55H89N13O27/c1-20(56)49(86)67-13-7-11-28(67)47(84)65-26(15-33(76)77)45(82)66-34(48(85)64-25(9-6-12-60-54(58)59)50(87)68-14-8-10-27(68)46(83)61-21(2)44(57)81)22(3)89-51-36(63-24(5)73)40(38(79)31(18-70)90-51)92-52-43-42(39(80)32(19-71)91-52)95-55(53(88)93-43)16-29(74)35(62-23(4)72)41(94-55)37(78)30(75)17-69/h20-22,25-32,34-43,51-52,69-71,74-75,78-80H,6-19,56H2,1-5H3,(H2,57,81)(H,61,83)(H,62,72)(H,63,73)(H,64,85)(H,65,84)(H,66,82)(H,76,77)(H4,58,59,60)/t20-,21-,22+,25-,26-,27-,28-,29-,30+,31+,32+,34-,35-,36+,37+,38-,39-,40+,41-,42-,43+,51-,52-,55-/m0/s1. The summed E-state index contributed by atoms with van der Waals surface area (Å²) in [6, 6.07) is -14.0. The van der Waals surface area contributed by atoms with Crippen molar-refractivity contribution in [2.24, 2.45) is 27.9 Å². The van der Waals surface area contributed by atoms with Crippen LogP contribution in [-0.2, 0) is 85.9 Å². The molecule has 0 aliphatic carbocycles. The molecule has 6 aliphatic rings. The Kier molecular flexibility index (Phi) is 27.2. The summed E-state index contributed by atoms with van der Waals surface area (Å²) in [6.07, 6.45) is -29.1. The summed E-state index contributed by atoms with van der Waals surface area (Å²) in [5, 5.41) is 112. The van der Waals surface area contributed by atoms with Gasteiger partial charge in [0.25, 0.3) is 5.79 Å². The van der Waals surface area contributed by atoms with Gasteiger partial charge in [-0.1, -0.05) is 0 Å². The molecule has 6 saturated heterocycles. The van der Waals surface area contributed by atoms with E-state index in [2.05, 4.69) is 36.9 Å². The summed E-state index contributed by atoms with van der Waals surface area (Å²) < 4.78 is 42.3. The highest BCUT2D eigenvalue weighted by Crippen LogP contribution is 2.43. The normalized spacial score (nSPS) is 32.3. The number of aliphatic carboxylic acids is 1. The zero-order valence-electron chi connectivity index (χ0n) is 52.7. The second-order valence-corrected chi connectivity index (χ2v) is 24.1. The predicted octanol–water partition coefficient (Wildman–Crippen LogP) is -11.9. The first-order chi connectivity index (χ1) is 44.7. The van der Waals surface area contributed by atoms with Crippen molar-refractivity contribution in [2.75, 3.05) is 39.5 Å². The third-order valence-corrected chi connectivity index (χ3v) is 16.9. The molecule has 6 aliphatic heterocycles. The number of hydrogen-bond acceptors (Lipinski definition) is 28. The maximum absolute atomic E-state index is 15.2. The monoisotopic (exact) mass is 1360 g/mol. The Morgan fingerprint density at radius 2 is 1.32 bits per heavy atom. The maximum atomic E-state index is 15.2. The number of nitrogens with zero attached hydrogens (tertiary/aromatic N) is 3. The molecule has 6 heterocycles. The van der Waals surface area contributed by atoms with Crippen LogP contribution in [0.2, 0.25) is 0 Å². The number of guanidine groups is 1. The van der Waals surface area contributed by atoms with Crippen molar-refractivity contribution in [1.29, 1.82) is 0 Å². The fourth-order valence-electron chi connectivity index (χ4n) is 12.0. The molecule has 0 aromatic carbocycles. The van der Waals surface area contributed by atoms with Crippen LogP contribution < -0.4 is 54.8 Å². The lowest BCUT2D eigenvalue weighted by atomic mass is 9.87. The number of carbonyl (C=O) groups is 11. The zero-order chi connectivity index (χ0) is 70.7. The van der Waals surface area contributed by atoms with Gasteiger partial charge in [0, 0.05) is 39.9 Å². The first-order valence-electron chi connectivity index (χ1n) is 30.8. The fourth-order valence-corrected chi connectivity index (χ4v) is 12.0. The summed E-state index contributed by atoms with van der Waals surface area (Å²) in [4.78, 5) is 155. The molecule has 1 spiro atoms. The van der Waals surface area contributed by atoms with E-state index in [4.69, 9.17) is 56.1 Å². The Balaban J connectivity index is 1.37. The number of carboxylic acid groups (broad SMARTS) is 1. The summed E-state index contributed by atoms with van der Waals surface area (Å²) in [5.74, 6) is -14.8. The van der Waals surface area contributed by atoms with Gasteiger partial charge in [-0.3, -0.25) is 52.9 Å². The Morgan fingerprint density at radius 1 is 0.737 bits per heavy atom. The highest BCUT2D eigenvalue weighted by atomic mass is 16.8. The van der Waals surface area contributed by atoms with Crippen molar-refractivity contribution < 1.29 is 132 Å². The molecule has 24 atom stereocenters. The van der Waals surface area contributed by atoms with Crippen LogP contribution >= 0.6 is 0 Å². The summed E-state index contributed by atoms with van der Waals surface area (Å²) in [5.41, 5.74) is 22.3. The van der Waals surface area contributed by atoms with Crippen molar-refractivity contribution in [2.45, 2.75) is 232 Å². The number of aliphatic hydroxyl groups excluding tert-OH is 8. The summed E-state index contributed by atoms with van der Waals surface area (Å²) >= 11 is 0. The van der Waals surface area contributed by atoms with Crippen molar-refractivity contribution in [1.82, 2.24) is 41.7 Å². The third-order valence-electron chi connectivity index (χ3n) is 16.9. The second-order valence-electron chi connectivity index (χ2n) is 24.1. The molecule has 0 unspecified atom stereocenters. The van der Waals surface area contributed by atoms with Crippen LogP contribution in [0, 0.1) is 0 Å². The van der Waals surface area contributed by atoms with Crippen molar-refractivity contribution in [3.8, 4) is 0 Å². The van der Waals surface area contributed by atoms with Crippen LogP contribution in [0.4, 0.5) is 0 Å². The molecule has 23 N–H and O–H groups in total. The van der Waals surface area contributed by atoms with Crippen LogP contribution in [0.5, 0.6) is 0 Å². The minimum atomic E-state index is -2.80. The Labute approximate surface area is 542 Å². The van der Waals surface area contributed by atoms with Crippen molar-refractivity contribution >= 4 is 71.1 Å². The van der Waals surface area contributed by atoms with E-state index in [1.54, 1.807) is 0 Å². The number of carbonyl (C=O) groups excluding carboxylic acids is 10. The van der Waals surface area contributed by atoms with Crippen LogP contribution in [0.25, 0.3) is 0 Å². The van der Waals surface area contributed by atoms with Gasteiger partial charge in [0.2, 0.25) is 53.2 Å². The van der Waals surface area contributed by atoms with Crippen LogP contribution in [-0.4, -0.2) is 312 Å². The van der Waals surface area contributed by atoms with Gasteiger partial charge in [-0.2, -0.15) is 0 Å². The van der Waals surface area contributed by atoms with Gasteiger partial charge in [-0.05, 0) is 59.3 Å². The molecular weight excluding hydrogens is 1270 g/mol. The lowest BCUT2D eigenvalue weighted by Gasteiger charge is -2.54. The van der Waals surface area contributed by atoms with E-state index in [0.29, 0.717) is 6.42 Å². The number of hydrogen-bond donors (Lipinski definition) is 19. The van der Waals surface area contributed by atoms with E-state index < -0.39 is 244 Å². The SMILES string of the molecule is CC(=O)N[C@@H]1[C@@H]([C@H](O)[C@H](O)CO)O[C@@]2(C[C@@H]1O)O[C@H]1[C@@H](O)[C@@H](CO)O[C@@H](O[C@H]3[C@@H](O)[C@@H](CO)O[C@H](O[C@H](C)[C@H](NC(=O)[C@H](CC(=O)O)NC(=O)[C@@H]4CCCN4C(=O)[C@H](C)N)C(=O)N[C@@H](CCCN=C(N)N)C(=O)N4CCC[C@H]4C(=O)N[C@@H](C)C(N)=O)[C@@H]3NC(C)=O)[C@@H]1OC2=O. The quantitative estimate of drug-likeness (QED) is 0.0143. The van der Waals surface area contributed by atoms with E-state index >= 15 is 4.79 Å². The van der Waals surface area contributed by atoms with Crippen molar-refractivity contribution in [3.63, 3.8) is 0 Å². The molecule has 9 amide bonds. The molecule has 6 fully saturated rings. The van der Waals surface area contributed by atoms with Crippen LogP contribution in [0.15, 0.2) is 4.99 Å². The van der Waals surface area contributed by atoms with Gasteiger partial charge < -0.3 is 144 Å². The minimum Gasteiger partial charge on any atom is -0.481 e. The van der Waals surface area contributed by atoms with Gasteiger partial charge in [-0.15, -0.1) is 0 Å². The Hall–Kier alpha value is -7.16. The Bertz CT molecular complexity index is 2810. The number of fused-ring (bicyclic) bond motifs is 1. The van der Waals surface area contributed by atoms with Crippen molar-refractivity contribution in [3.05, 3.63) is 0 Å². The van der Waals surface area contributed by atoms with Gasteiger partial charge in [-0.25, -0.2) is 4.79 Å². The number of esters is 1. The van der Waals surface area contributed by atoms with E-state index in [9.17, 15) is 93.9 Å². The number of nitrogens with two attached hydrogens (primary N) is 4. The number of likely N-dealkylation sites (tertiary alicyclic amines) is 2. The number of nitrogens with one attached hydrogen (secondary N) is 6. The molecule has 536 valence electrons. The van der Waals surface area contributed by atoms with E-state index in [1.165, 1.54) is 13.8 Å². The number of rotatable bonds is 29. The lowest BCUT2D eigenvalue weighted by Crippen LogP contribution is -2.74. The first-order valence-corrected chi connectivity index (χ1v) is 30.8. The van der Waals surface area contributed by atoms with Gasteiger partial charge >= 0.3 is 11.9 Å². The number of aliphatic hydroxyl groups is 8. The summed E-state index contributed by atoms with van der Waals surface area (Å²) in [6.45, 7) is 2.51. The van der Waals surface area contributed by atoms with Crippen LogP contribution in [0.3, 0.4) is 0 Å². The van der Waals surface area contributed by atoms with E-state index in [-0.39, 0.29) is 57.7 Å². The molecule has 0 aromatic heterocycles. The third kappa shape index (κ3) is 18.7. The molecule has 40 nitrogen and oxygen atoms in total. The average Bonchev–Trinajstić information content (AvgIpc) is 1.35. The largest absolute Gasteiger partial charge is 0.481 e. The summed E-state index contributed by atoms with van der Waals surface area (Å²) in [7, 11) is 0. The van der Waals surface area contributed by atoms with Gasteiger partial charge in [0.05, 0.1) is 50.5 Å². The van der Waals surface area contributed by atoms with Gasteiger partial charge in [0.15, 0.2) is 24.6 Å². The molecule has 0 radical (unpaired) electrons. The molecule has 6 rings (SSSR count). The average molecular weight is 1360 g/mol. The minimum absolute atomic E-state index is 0.0349. The number of amides is 9. The second kappa shape index (κ2) is 33.7. The molecular formula is C55H89N13O27. The number of primary amides is 1. The van der Waals surface area contributed by atoms with Gasteiger partial charge in [0.1, 0.15) is 97.2 Å². The number of carboxylic acids is 1. The zero-order valence-corrected chi connectivity index (χ0v) is 52.7. The first kappa shape index (κ1) is 76.9. The topological polar surface area (TPSA) is 630 Å². The number of ether oxygens (including phenoxy) is 7. The fraction of sp³-hybridized carbons (Fsp3) is 0.782. The van der Waals surface area contributed by atoms with E-state index in [1.807, 2.05) is 0 Å². The molecule has 40 heteroatoms. The molecule has 0 saturated carbocycles. The smallest absolute Gasteiger partial charge is 0.367 e. The number of aliphatic imine (C=N–C) groups is 1. The molecule has 0 aromatic rings. The lowest BCUT2D eigenvalue weighted by molar-refractivity contribution is -0.405. The molecule has 0 bridgehead atoms. The highest BCUT2D eigenvalue weighted by Gasteiger charge is 2.65. The Morgan fingerprint density at radius 3 is 1.87 bits per heavy atom. The maximum Gasteiger partial charge on any atom is 0.367 e.